The minimum atomic E-state index is 0. The molecule has 0 amide bonds. The molecule has 0 atom stereocenters. The van der Waals surface area contributed by atoms with Crippen molar-refractivity contribution in [2.24, 2.45) is 0 Å². The maximum absolute atomic E-state index is 4.59. The van der Waals surface area contributed by atoms with E-state index in [1.54, 1.807) is 0 Å². The molecule has 5 aromatic rings. The molecule has 0 unspecified atom stereocenters. The summed E-state index contributed by atoms with van der Waals surface area (Å²) in [5.74, 6) is 1.83. The van der Waals surface area contributed by atoms with Gasteiger partial charge in [0.15, 0.2) is 0 Å². The molecule has 0 aliphatic carbocycles. The first-order valence-electron chi connectivity index (χ1n) is 14.3. The van der Waals surface area contributed by atoms with Crippen LogP contribution in [0.5, 0.6) is 0 Å². The van der Waals surface area contributed by atoms with Crippen LogP contribution in [0.1, 0.15) is 41.7 Å². The number of rotatable bonds is 6. The van der Waals surface area contributed by atoms with Crippen LogP contribution in [0.25, 0.3) is 22.3 Å². The summed E-state index contributed by atoms with van der Waals surface area (Å²) in [5.41, 5.74) is 13.3. The Labute approximate surface area is 357 Å². The van der Waals surface area contributed by atoms with Gasteiger partial charge in [-0.05, 0) is 157 Å². The smallest absolute Gasteiger partial charge is 0.327 e. The number of pyridine rings is 2. The number of aromatic nitrogens is 2. The maximum Gasteiger partial charge on any atom is 0.327 e. The Hall–Kier alpha value is -1.26. The zero-order valence-electron chi connectivity index (χ0n) is 27.5. The molecule has 2 radical (unpaired) electrons. The van der Waals surface area contributed by atoms with Crippen LogP contribution in [0, 0.1) is 34.6 Å². The van der Waals surface area contributed by atoms with E-state index in [9.17, 15) is 0 Å². The van der Waals surface area contributed by atoms with E-state index in [4.69, 9.17) is 0 Å². The van der Waals surface area contributed by atoms with Gasteiger partial charge in [0.1, 0.15) is 23.8 Å². The van der Waals surface area contributed by atoms with Gasteiger partial charge in [0.25, 0.3) is 0 Å². The second-order valence-corrected chi connectivity index (χ2v) is 11.6. The molecule has 0 spiro atoms. The third-order valence-electron chi connectivity index (χ3n) is 7.77. The van der Waals surface area contributed by atoms with Crippen molar-refractivity contribution in [1.82, 2.24) is 19.1 Å². The largest absolute Gasteiger partial charge is 1.00 e. The van der Waals surface area contributed by atoms with Crippen LogP contribution in [0.4, 0.5) is 23.0 Å². The predicted octanol–water partition coefficient (Wildman–Crippen LogP) is -2.02. The normalized spacial score (nSPS) is 10.6. The molecule has 0 aliphatic heterocycles. The molecule has 11 heteroatoms. The van der Waals surface area contributed by atoms with Crippen molar-refractivity contribution in [3.05, 3.63) is 117 Å². The molecule has 5 rings (SSSR count). The summed E-state index contributed by atoms with van der Waals surface area (Å²) < 4.78 is 5.40. The van der Waals surface area contributed by atoms with E-state index < -0.39 is 0 Å². The van der Waals surface area contributed by atoms with Crippen molar-refractivity contribution >= 4 is 51.4 Å². The van der Waals surface area contributed by atoms with Crippen molar-refractivity contribution in [3.63, 3.8) is 0 Å². The number of halogens is 5. The summed E-state index contributed by atoms with van der Waals surface area (Å²) in [5, 5.41) is 0. The van der Waals surface area contributed by atoms with Gasteiger partial charge in [-0.25, -0.2) is 9.15 Å². The van der Waals surface area contributed by atoms with Crippen LogP contribution < -0.4 is 77.1 Å². The monoisotopic (exact) mass is 1060 g/mol. The quantitative estimate of drug-likeness (QED) is 0.112. The molecule has 3 aromatic carbocycles. The van der Waals surface area contributed by atoms with Crippen LogP contribution in [0.2, 0.25) is 0 Å². The molecular weight excluding hydrogens is 1030 g/mol. The number of hydrogen-bond donors (Lipinski definition) is 0. The van der Waals surface area contributed by atoms with Crippen LogP contribution in [-0.4, -0.2) is 22.4 Å². The Balaban J connectivity index is 0. The summed E-state index contributed by atoms with van der Waals surface area (Å²) in [7, 11) is 0. The van der Waals surface area contributed by atoms with Gasteiger partial charge in [-0.2, -0.15) is 0 Å². The summed E-state index contributed by atoms with van der Waals surface area (Å²) in [4.78, 5) is 9.19. The SMILES string of the molecule is CC=[N+](c1ccccn1)c1c(C)cc(-c2cc(Br)cc(-c3cc(C)c([N+](=CC)c4ccccn4)c(C)c3)c2C)cc1C.[Br-].[Br-].[Br-].[Br-].[Cu].[Cu]. The van der Waals surface area contributed by atoms with Crippen LogP contribution in [0.15, 0.2) is 89.7 Å². The van der Waals surface area contributed by atoms with E-state index in [-0.39, 0.29) is 102 Å². The molecule has 0 saturated heterocycles. The van der Waals surface area contributed by atoms with Gasteiger partial charge in [0.05, 0.1) is 12.4 Å². The number of nitrogens with zero attached hydrogens (tertiary/aromatic N) is 4. The third kappa shape index (κ3) is 10.4. The van der Waals surface area contributed by atoms with Crippen molar-refractivity contribution < 1.29 is 102 Å². The zero-order valence-corrected chi connectivity index (χ0v) is 37.3. The average Bonchev–Trinajstić information content (AvgIpc) is 2.98. The molecule has 2 aromatic heterocycles. The first-order chi connectivity index (χ1) is 20.2. The molecule has 0 aliphatic rings. The van der Waals surface area contributed by atoms with Gasteiger partial charge in [-0.3, -0.25) is 0 Å². The first-order valence-corrected chi connectivity index (χ1v) is 15.1. The topological polar surface area (TPSA) is 31.8 Å². The van der Waals surface area contributed by atoms with E-state index in [1.165, 1.54) is 61.4 Å². The molecule has 0 N–H and O–H groups in total. The molecule has 0 saturated carbocycles. The Morgan fingerprint density at radius 1 is 0.542 bits per heavy atom. The first kappa shape index (κ1) is 48.9. The van der Waals surface area contributed by atoms with Crippen LogP contribution >= 0.6 is 15.9 Å². The van der Waals surface area contributed by atoms with E-state index >= 15 is 0 Å². The summed E-state index contributed by atoms with van der Waals surface area (Å²) in [6, 6.07) is 25.7. The van der Waals surface area contributed by atoms with Crippen molar-refractivity contribution in [3.8, 4) is 22.3 Å². The van der Waals surface area contributed by atoms with Gasteiger partial charge >= 0.3 is 11.6 Å². The Bertz CT molecular complexity index is 1690. The second-order valence-electron chi connectivity index (χ2n) is 10.7. The molecule has 0 fully saturated rings. The molecule has 2 heterocycles. The Morgan fingerprint density at radius 3 is 1.15 bits per heavy atom. The van der Waals surface area contributed by atoms with Gasteiger partial charge in [0, 0.05) is 50.7 Å². The summed E-state index contributed by atoms with van der Waals surface area (Å²) in [6.45, 7) is 15.1. The molecule has 4 nitrogen and oxygen atoms in total. The zero-order chi connectivity index (χ0) is 30.0. The van der Waals surface area contributed by atoms with E-state index in [2.05, 4.69) is 132 Å². The van der Waals surface area contributed by atoms with E-state index in [0.29, 0.717) is 0 Å². The molecular formula is C37H37Br5Cu2N4-2. The van der Waals surface area contributed by atoms with Crippen LogP contribution in [-0.2, 0) is 34.1 Å². The van der Waals surface area contributed by atoms with Crippen molar-refractivity contribution in [2.45, 2.75) is 48.5 Å². The summed E-state index contributed by atoms with van der Waals surface area (Å²) >= 11 is 3.83. The maximum atomic E-state index is 4.59. The fourth-order valence-corrected chi connectivity index (χ4v) is 6.46. The number of hydrogen-bond acceptors (Lipinski definition) is 2. The fourth-order valence-electron chi connectivity index (χ4n) is 6.01. The van der Waals surface area contributed by atoms with Gasteiger partial charge < -0.3 is 67.9 Å². The van der Waals surface area contributed by atoms with Gasteiger partial charge in [0.2, 0.25) is 0 Å². The average molecular weight is 1060 g/mol. The minimum absolute atomic E-state index is 0. The minimum Gasteiger partial charge on any atom is -1.00 e. The second kappa shape index (κ2) is 21.8. The molecule has 0 bridgehead atoms. The standard InChI is InChI=1S/C37H37BrN4.4BrH.2Cu/c1-8-41(34-14-10-12-16-39-34)36-24(3)18-29(19-25(36)4)32-22-31(38)23-33(28(32)7)30-20-26(5)37(27(6)21-30)42(9-2)35-15-11-13-17-40-35;;;;;;/h8-23H,1-7H3;4*1H;;/q+2;;;;;;/p-4. The van der Waals surface area contributed by atoms with E-state index in [1.807, 2.05) is 48.8 Å². The number of aryl methyl sites for hydroxylation is 4. The van der Waals surface area contributed by atoms with E-state index in [0.717, 1.165) is 16.1 Å². The molecule has 48 heavy (non-hydrogen) atoms. The van der Waals surface area contributed by atoms with Crippen molar-refractivity contribution in [1.29, 1.82) is 0 Å². The van der Waals surface area contributed by atoms with Crippen molar-refractivity contribution in [2.75, 3.05) is 0 Å². The number of benzene rings is 3. The third-order valence-corrected chi connectivity index (χ3v) is 8.22. The Kier molecular flexibility index (Phi) is 22.2. The predicted molar refractivity (Wildman–Crippen MR) is 184 cm³/mol. The summed E-state index contributed by atoms with van der Waals surface area (Å²) in [6.07, 6.45) is 7.84. The van der Waals surface area contributed by atoms with Gasteiger partial charge in [-0.1, -0.05) is 28.1 Å². The fraction of sp³-hybridized carbons (Fsp3) is 0.189. The van der Waals surface area contributed by atoms with Gasteiger partial charge in [-0.15, -0.1) is 0 Å². The van der Waals surface area contributed by atoms with Crippen LogP contribution in [0.3, 0.4) is 0 Å². The molecule has 264 valence electrons. The Morgan fingerprint density at radius 2 is 0.875 bits per heavy atom.